The fraction of sp³-hybridized carbons (Fsp3) is 1.00. The van der Waals surface area contributed by atoms with E-state index in [0.717, 1.165) is 18.8 Å². The number of aliphatic hydroxyl groups excluding tert-OH is 1. The van der Waals surface area contributed by atoms with E-state index >= 15 is 0 Å². The lowest BCUT2D eigenvalue weighted by atomic mass is 9.95. The van der Waals surface area contributed by atoms with E-state index in [-0.39, 0.29) is 6.23 Å². The molecule has 2 nitrogen and oxygen atoms in total. The fourth-order valence-electron chi connectivity index (χ4n) is 2.76. The van der Waals surface area contributed by atoms with Crippen LogP contribution in [0.25, 0.3) is 0 Å². The Bertz CT molecular complexity index is 172. The van der Waals surface area contributed by atoms with E-state index < -0.39 is 0 Å². The van der Waals surface area contributed by atoms with Crippen molar-refractivity contribution in [3.8, 4) is 0 Å². The summed E-state index contributed by atoms with van der Waals surface area (Å²) in [5.41, 5.74) is 0. The summed E-state index contributed by atoms with van der Waals surface area (Å²) in [6.07, 6.45) is 8.39. The Morgan fingerprint density at radius 2 is 1.93 bits per heavy atom. The van der Waals surface area contributed by atoms with Crippen molar-refractivity contribution < 1.29 is 5.11 Å². The predicted molar refractivity (Wildman–Crippen MR) is 64.7 cm³/mol. The molecular weight excluding hydrogens is 186 g/mol. The van der Waals surface area contributed by atoms with Gasteiger partial charge in [0.15, 0.2) is 0 Å². The van der Waals surface area contributed by atoms with Gasteiger partial charge in [0.05, 0.1) is 0 Å². The van der Waals surface area contributed by atoms with E-state index in [2.05, 4.69) is 25.8 Å². The second-order valence-electron chi connectivity index (χ2n) is 5.12. The van der Waals surface area contributed by atoms with Crippen LogP contribution >= 0.6 is 0 Å². The van der Waals surface area contributed by atoms with Gasteiger partial charge in [0.25, 0.3) is 0 Å². The summed E-state index contributed by atoms with van der Waals surface area (Å²) in [4.78, 5) is 2.21. The maximum atomic E-state index is 10.0. The average Bonchev–Trinajstić information content (AvgIpc) is 2.42. The molecule has 0 aromatic heterocycles. The molecule has 0 aliphatic heterocycles. The van der Waals surface area contributed by atoms with Crippen LogP contribution in [0.3, 0.4) is 0 Å². The summed E-state index contributed by atoms with van der Waals surface area (Å²) < 4.78 is 0. The fourth-order valence-corrected chi connectivity index (χ4v) is 2.76. The van der Waals surface area contributed by atoms with Crippen molar-refractivity contribution in [1.29, 1.82) is 0 Å². The summed E-state index contributed by atoms with van der Waals surface area (Å²) in [5.74, 6) is 0.740. The van der Waals surface area contributed by atoms with Crippen molar-refractivity contribution >= 4 is 0 Å². The standard InChI is InChI=1S/C13H27NO/c1-4-8-13(15)14(3)12-10-7-5-6-9-11(12)2/h11-13,15H,4-10H2,1-3H3. The minimum absolute atomic E-state index is 0.236. The summed E-state index contributed by atoms with van der Waals surface area (Å²) in [7, 11) is 2.09. The van der Waals surface area contributed by atoms with Crippen molar-refractivity contribution in [3.63, 3.8) is 0 Å². The Balaban J connectivity index is 2.50. The van der Waals surface area contributed by atoms with Crippen LogP contribution in [0.5, 0.6) is 0 Å². The van der Waals surface area contributed by atoms with Gasteiger partial charge in [-0.2, -0.15) is 0 Å². The van der Waals surface area contributed by atoms with Crippen LogP contribution in [-0.2, 0) is 0 Å². The van der Waals surface area contributed by atoms with Gasteiger partial charge in [-0.3, -0.25) is 4.90 Å². The minimum atomic E-state index is -0.236. The van der Waals surface area contributed by atoms with E-state index in [1.54, 1.807) is 0 Å². The van der Waals surface area contributed by atoms with Gasteiger partial charge in [0, 0.05) is 6.04 Å². The highest BCUT2D eigenvalue weighted by atomic mass is 16.3. The van der Waals surface area contributed by atoms with Gasteiger partial charge < -0.3 is 5.11 Å². The first-order valence-corrected chi connectivity index (χ1v) is 6.56. The molecule has 1 fully saturated rings. The monoisotopic (exact) mass is 213 g/mol. The Labute approximate surface area is 94.7 Å². The van der Waals surface area contributed by atoms with Crippen LogP contribution in [0.2, 0.25) is 0 Å². The second kappa shape index (κ2) is 6.49. The van der Waals surface area contributed by atoms with Crippen molar-refractivity contribution in [2.75, 3.05) is 7.05 Å². The third kappa shape index (κ3) is 3.76. The van der Waals surface area contributed by atoms with E-state index in [1.807, 2.05) is 0 Å². The lowest BCUT2D eigenvalue weighted by Gasteiger charge is -2.35. The average molecular weight is 213 g/mol. The van der Waals surface area contributed by atoms with Crippen LogP contribution < -0.4 is 0 Å². The summed E-state index contributed by atoms with van der Waals surface area (Å²) in [6, 6.07) is 0.592. The highest BCUT2D eigenvalue weighted by Crippen LogP contribution is 2.27. The molecule has 1 aliphatic carbocycles. The van der Waals surface area contributed by atoms with Crippen molar-refractivity contribution in [1.82, 2.24) is 4.90 Å². The molecule has 0 saturated heterocycles. The molecule has 90 valence electrons. The first-order valence-electron chi connectivity index (χ1n) is 6.56. The molecule has 1 rings (SSSR count). The predicted octanol–water partition coefficient (Wildman–Crippen LogP) is 3.01. The molecular formula is C13H27NO. The summed E-state index contributed by atoms with van der Waals surface area (Å²) >= 11 is 0. The minimum Gasteiger partial charge on any atom is -0.378 e. The normalized spacial score (nSPS) is 30.2. The van der Waals surface area contributed by atoms with Crippen molar-refractivity contribution in [2.24, 2.45) is 5.92 Å². The molecule has 3 unspecified atom stereocenters. The van der Waals surface area contributed by atoms with Gasteiger partial charge >= 0.3 is 0 Å². The topological polar surface area (TPSA) is 23.5 Å². The number of aliphatic hydroxyl groups is 1. The first kappa shape index (κ1) is 13.0. The van der Waals surface area contributed by atoms with Crippen LogP contribution in [0.15, 0.2) is 0 Å². The zero-order valence-corrected chi connectivity index (χ0v) is 10.6. The molecule has 2 heteroatoms. The van der Waals surface area contributed by atoms with Gasteiger partial charge in [-0.1, -0.05) is 39.5 Å². The van der Waals surface area contributed by atoms with Crippen LogP contribution in [-0.4, -0.2) is 29.3 Å². The molecule has 1 aliphatic rings. The molecule has 0 aromatic carbocycles. The van der Waals surface area contributed by atoms with Crippen molar-refractivity contribution in [3.05, 3.63) is 0 Å². The van der Waals surface area contributed by atoms with E-state index in [9.17, 15) is 5.11 Å². The van der Waals surface area contributed by atoms with Gasteiger partial charge in [-0.05, 0) is 32.2 Å². The quantitative estimate of drug-likeness (QED) is 0.573. The molecule has 0 spiro atoms. The highest BCUT2D eigenvalue weighted by Gasteiger charge is 2.26. The van der Waals surface area contributed by atoms with Gasteiger partial charge in [-0.15, -0.1) is 0 Å². The SMILES string of the molecule is CCCC(O)N(C)C1CCCCCC1C. The van der Waals surface area contributed by atoms with Crippen LogP contribution in [0, 0.1) is 5.92 Å². The van der Waals surface area contributed by atoms with Gasteiger partial charge in [0.2, 0.25) is 0 Å². The van der Waals surface area contributed by atoms with E-state index in [1.165, 1.54) is 32.1 Å². The molecule has 3 atom stereocenters. The smallest absolute Gasteiger partial charge is 0.107 e. The molecule has 15 heavy (non-hydrogen) atoms. The zero-order valence-electron chi connectivity index (χ0n) is 10.6. The van der Waals surface area contributed by atoms with E-state index in [0.29, 0.717) is 6.04 Å². The Morgan fingerprint density at radius 1 is 1.27 bits per heavy atom. The molecule has 1 N–H and O–H groups in total. The lowest BCUT2D eigenvalue weighted by molar-refractivity contribution is -0.0277. The lowest BCUT2D eigenvalue weighted by Crippen LogP contribution is -2.43. The number of rotatable bonds is 4. The third-order valence-electron chi connectivity index (χ3n) is 3.86. The molecule has 0 bridgehead atoms. The third-order valence-corrected chi connectivity index (χ3v) is 3.86. The van der Waals surface area contributed by atoms with Crippen LogP contribution in [0.4, 0.5) is 0 Å². The molecule has 0 heterocycles. The second-order valence-corrected chi connectivity index (χ2v) is 5.12. The molecule has 1 saturated carbocycles. The zero-order chi connectivity index (χ0) is 11.3. The maximum Gasteiger partial charge on any atom is 0.107 e. The summed E-state index contributed by atoms with van der Waals surface area (Å²) in [5, 5.41) is 10.0. The van der Waals surface area contributed by atoms with Gasteiger partial charge in [-0.25, -0.2) is 0 Å². The molecule has 0 amide bonds. The molecule has 0 aromatic rings. The van der Waals surface area contributed by atoms with Crippen LogP contribution in [0.1, 0.15) is 58.8 Å². The molecule has 0 radical (unpaired) electrons. The van der Waals surface area contributed by atoms with Crippen molar-refractivity contribution in [2.45, 2.75) is 71.1 Å². The largest absolute Gasteiger partial charge is 0.378 e. The number of hydrogen-bond donors (Lipinski definition) is 1. The Kier molecular flexibility index (Phi) is 5.62. The highest BCUT2D eigenvalue weighted by molar-refractivity contribution is 4.79. The van der Waals surface area contributed by atoms with Gasteiger partial charge in [0.1, 0.15) is 6.23 Å². The Hall–Kier alpha value is -0.0800. The number of hydrogen-bond acceptors (Lipinski definition) is 2. The maximum absolute atomic E-state index is 10.0. The summed E-state index contributed by atoms with van der Waals surface area (Å²) in [6.45, 7) is 4.47. The number of nitrogens with zero attached hydrogens (tertiary/aromatic N) is 1. The van der Waals surface area contributed by atoms with E-state index in [4.69, 9.17) is 0 Å². The first-order chi connectivity index (χ1) is 7.16. The Morgan fingerprint density at radius 3 is 2.60 bits per heavy atom.